The maximum atomic E-state index is 12.4. The molecule has 2 aromatic carbocycles. The normalized spacial score (nSPS) is 12.1. The van der Waals surface area contributed by atoms with Gasteiger partial charge in [-0.2, -0.15) is 0 Å². The van der Waals surface area contributed by atoms with Gasteiger partial charge in [0, 0.05) is 9.99 Å². The molecule has 0 saturated heterocycles. The van der Waals surface area contributed by atoms with Crippen molar-refractivity contribution in [2.24, 2.45) is 0 Å². The lowest BCUT2D eigenvalue weighted by Crippen LogP contribution is -2.14. The van der Waals surface area contributed by atoms with Crippen LogP contribution in [0.15, 0.2) is 60.7 Å². The molecule has 2 rings (SSSR count). The Kier molecular flexibility index (Phi) is 4.31. The molecule has 0 bridgehead atoms. The summed E-state index contributed by atoms with van der Waals surface area (Å²) in [5.74, 6) is 0.158. The van der Waals surface area contributed by atoms with E-state index in [1.54, 1.807) is 0 Å². The van der Waals surface area contributed by atoms with Gasteiger partial charge < -0.3 is 0 Å². The van der Waals surface area contributed by atoms with Crippen LogP contribution in [0.1, 0.15) is 21.8 Å². The van der Waals surface area contributed by atoms with E-state index in [1.807, 2.05) is 60.7 Å². The Labute approximate surface area is 115 Å². The van der Waals surface area contributed by atoms with Crippen LogP contribution < -0.4 is 0 Å². The first-order chi connectivity index (χ1) is 8.33. The number of hydrogen-bond acceptors (Lipinski definition) is 1. The van der Waals surface area contributed by atoms with Crippen LogP contribution in [0.25, 0.3) is 0 Å². The van der Waals surface area contributed by atoms with Crippen LogP contribution in [-0.2, 0) is 0 Å². The van der Waals surface area contributed by atoms with Crippen molar-refractivity contribution in [2.45, 2.75) is 5.92 Å². The number of benzene rings is 2. The van der Waals surface area contributed by atoms with Gasteiger partial charge in [0.2, 0.25) is 0 Å². The molecule has 2 heteroatoms. The van der Waals surface area contributed by atoms with Crippen LogP contribution in [0.5, 0.6) is 0 Å². The fourth-order valence-electron chi connectivity index (χ4n) is 1.80. The lowest BCUT2D eigenvalue weighted by atomic mass is 9.92. The van der Waals surface area contributed by atoms with Gasteiger partial charge in [0.15, 0.2) is 5.78 Å². The lowest BCUT2D eigenvalue weighted by molar-refractivity contribution is 0.0969. The molecule has 0 heterocycles. The van der Waals surface area contributed by atoms with Crippen LogP contribution in [0.3, 0.4) is 0 Å². The average Bonchev–Trinajstić information content (AvgIpc) is 2.42. The molecule has 0 aliphatic rings. The second-order valence-electron chi connectivity index (χ2n) is 3.85. The summed E-state index contributed by atoms with van der Waals surface area (Å²) in [6.45, 7) is 0. The fourth-order valence-corrected chi connectivity index (χ4v) is 2.71. The number of ketones is 1. The number of rotatable bonds is 4. The molecule has 1 atom stereocenters. The third-order valence-corrected chi connectivity index (χ3v) is 3.61. The van der Waals surface area contributed by atoms with Gasteiger partial charge in [0.25, 0.3) is 0 Å². The number of Topliss-reactive ketones (excluding diaryl/α,β-unsaturated/α-hetero) is 1. The molecule has 0 spiro atoms. The van der Waals surface area contributed by atoms with Crippen molar-refractivity contribution in [2.75, 3.05) is 4.43 Å². The third kappa shape index (κ3) is 2.94. The van der Waals surface area contributed by atoms with E-state index in [0.29, 0.717) is 0 Å². The Bertz CT molecular complexity index is 479. The third-order valence-electron chi connectivity index (χ3n) is 2.73. The van der Waals surface area contributed by atoms with Crippen molar-refractivity contribution in [3.8, 4) is 0 Å². The van der Waals surface area contributed by atoms with E-state index < -0.39 is 0 Å². The number of carbonyl (C=O) groups excluding carboxylic acids is 1. The minimum absolute atomic E-state index is 0.0424. The highest BCUT2D eigenvalue weighted by atomic mass is 127. The van der Waals surface area contributed by atoms with Crippen LogP contribution in [0, 0.1) is 0 Å². The molecule has 1 nitrogen and oxygen atoms in total. The van der Waals surface area contributed by atoms with E-state index in [4.69, 9.17) is 0 Å². The van der Waals surface area contributed by atoms with Gasteiger partial charge in [-0.05, 0) is 5.56 Å². The highest BCUT2D eigenvalue weighted by molar-refractivity contribution is 14.1. The molecule has 0 N–H and O–H groups in total. The zero-order valence-electron chi connectivity index (χ0n) is 9.34. The molecular weight excluding hydrogens is 323 g/mol. The highest BCUT2D eigenvalue weighted by Gasteiger charge is 2.20. The number of alkyl halides is 1. The Hall–Kier alpha value is -1.16. The van der Waals surface area contributed by atoms with Crippen molar-refractivity contribution in [3.05, 3.63) is 71.8 Å². The van der Waals surface area contributed by atoms with Crippen LogP contribution in [0.4, 0.5) is 0 Å². The average molecular weight is 336 g/mol. The van der Waals surface area contributed by atoms with Crippen LogP contribution in [0.2, 0.25) is 0 Å². The molecule has 0 aromatic heterocycles. The van der Waals surface area contributed by atoms with Gasteiger partial charge in [0.05, 0.1) is 5.92 Å². The van der Waals surface area contributed by atoms with Crippen molar-refractivity contribution >= 4 is 28.4 Å². The van der Waals surface area contributed by atoms with E-state index in [0.717, 1.165) is 15.6 Å². The summed E-state index contributed by atoms with van der Waals surface area (Å²) in [4.78, 5) is 12.4. The highest BCUT2D eigenvalue weighted by Crippen LogP contribution is 2.23. The Morgan fingerprint density at radius 1 is 0.941 bits per heavy atom. The van der Waals surface area contributed by atoms with Crippen molar-refractivity contribution in [1.29, 1.82) is 0 Å². The number of halogens is 1. The first-order valence-corrected chi connectivity index (χ1v) is 7.05. The predicted molar refractivity (Wildman–Crippen MR) is 78.8 cm³/mol. The summed E-state index contributed by atoms with van der Waals surface area (Å²) in [6, 6.07) is 19.5. The van der Waals surface area contributed by atoms with Gasteiger partial charge in [-0.15, -0.1) is 0 Å². The topological polar surface area (TPSA) is 17.1 Å². The summed E-state index contributed by atoms with van der Waals surface area (Å²) < 4.78 is 0.801. The molecule has 0 aliphatic heterocycles. The second-order valence-corrected chi connectivity index (χ2v) is 4.73. The molecule has 0 saturated carbocycles. The Balaban J connectivity index is 2.29. The quantitative estimate of drug-likeness (QED) is 0.467. The summed E-state index contributed by atoms with van der Waals surface area (Å²) in [5, 5.41) is 0. The molecular formula is C15H13IO. The maximum Gasteiger partial charge on any atom is 0.171 e. The summed E-state index contributed by atoms with van der Waals surface area (Å²) in [6.07, 6.45) is 0. The fraction of sp³-hybridized carbons (Fsp3) is 0.133. The van der Waals surface area contributed by atoms with E-state index >= 15 is 0 Å². The predicted octanol–water partition coefficient (Wildman–Crippen LogP) is 4.09. The minimum Gasteiger partial charge on any atom is -0.293 e. The van der Waals surface area contributed by atoms with Crippen molar-refractivity contribution < 1.29 is 4.79 Å². The summed E-state index contributed by atoms with van der Waals surface area (Å²) >= 11 is 2.27. The first kappa shape index (κ1) is 12.3. The Morgan fingerprint density at radius 3 is 2.00 bits per heavy atom. The van der Waals surface area contributed by atoms with Gasteiger partial charge in [0.1, 0.15) is 0 Å². The molecule has 17 heavy (non-hydrogen) atoms. The SMILES string of the molecule is O=C(c1ccccc1)C(CI)c1ccccc1. The molecule has 0 fully saturated rings. The molecule has 1 unspecified atom stereocenters. The minimum atomic E-state index is -0.0424. The van der Waals surface area contributed by atoms with Gasteiger partial charge >= 0.3 is 0 Å². The van der Waals surface area contributed by atoms with E-state index in [2.05, 4.69) is 22.6 Å². The lowest BCUT2D eigenvalue weighted by Gasteiger charge is -2.13. The summed E-state index contributed by atoms with van der Waals surface area (Å²) in [7, 11) is 0. The number of hydrogen-bond donors (Lipinski definition) is 0. The zero-order valence-corrected chi connectivity index (χ0v) is 11.5. The zero-order chi connectivity index (χ0) is 12.1. The Morgan fingerprint density at radius 2 is 1.47 bits per heavy atom. The van der Waals surface area contributed by atoms with Crippen molar-refractivity contribution in [3.63, 3.8) is 0 Å². The van der Waals surface area contributed by atoms with E-state index in [9.17, 15) is 4.79 Å². The smallest absolute Gasteiger partial charge is 0.171 e. The van der Waals surface area contributed by atoms with Gasteiger partial charge in [-0.1, -0.05) is 83.3 Å². The second kappa shape index (κ2) is 5.96. The molecule has 2 aromatic rings. The van der Waals surface area contributed by atoms with Crippen molar-refractivity contribution in [1.82, 2.24) is 0 Å². The standard InChI is InChI=1S/C15H13IO/c16-11-14(12-7-3-1-4-8-12)15(17)13-9-5-2-6-10-13/h1-10,14H,11H2. The summed E-state index contributed by atoms with van der Waals surface area (Å²) in [5.41, 5.74) is 1.88. The maximum absolute atomic E-state index is 12.4. The van der Waals surface area contributed by atoms with Crippen LogP contribution in [-0.4, -0.2) is 10.2 Å². The molecule has 0 radical (unpaired) electrons. The van der Waals surface area contributed by atoms with Gasteiger partial charge in [-0.3, -0.25) is 4.79 Å². The number of carbonyl (C=O) groups is 1. The van der Waals surface area contributed by atoms with E-state index in [1.165, 1.54) is 0 Å². The monoisotopic (exact) mass is 336 g/mol. The first-order valence-electron chi connectivity index (χ1n) is 5.53. The van der Waals surface area contributed by atoms with Gasteiger partial charge in [-0.25, -0.2) is 0 Å². The van der Waals surface area contributed by atoms with Crippen LogP contribution >= 0.6 is 22.6 Å². The van der Waals surface area contributed by atoms with E-state index in [-0.39, 0.29) is 11.7 Å². The molecule has 0 aliphatic carbocycles. The molecule has 86 valence electrons. The largest absolute Gasteiger partial charge is 0.293 e. The molecule has 0 amide bonds.